The lowest BCUT2D eigenvalue weighted by Crippen LogP contribution is -2.36. The third-order valence-electron chi connectivity index (χ3n) is 3.05. The Balaban J connectivity index is 2.60. The second-order valence-corrected chi connectivity index (χ2v) is 4.84. The van der Waals surface area contributed by atoms with Crippen molar-refractivity contribution in [1.29, 1.82) is 0 Å². The molecular weight excluding hydrogens is 198 g/mol. The predicted octanol–water partition coefficient (Wildman–Crippen LogP) is 2.41. The molecule has 16 heavy (non-hydrogen) atoms. The molecule has 0 saturated carbocycles. The number of aryl methyl sites for hydroxylation is 2. The van der Waals surface area contributed by atoms with Crippen LogP contribution in [-0.4, -0.2) is 17.8 Å². The van der Waals surface area contributed by atoms with Gasteiger partial charge < -0.3 is 10.4 Å². The van der Waals surface area contributed by atoms with Crippen LogP contribution >= 0.6 is 0 Å². The molecule has 2 N–H and O–H groups in total. The molecular formula is C14H23NO. The highest BCUT2D eigenvalue weighted by atomic mass is 16.3. The van der Waals surface area contributed by atoms with Crippen molar-refractivity contribution < 1.29 is 5.11 Å². The van der Waals surface area contributed by atoms with Crippen molar-refractivity contribution >= 4 is 0 Å². The first-order chi connectivity index (χ1) is 7.54. The minimum atomic E-state index is 0.181. The molecule has 0 aromatic heterocycles. The molecule has 2 nitrogen and oxygen atoms in total. The zero-order valence-electron chi connectivity index (χ0n) is 10.7. The molecule has 0 amide bonds. The van der Waals surface area contributed by atoms with E-state index in [-0.39, 0.29) is 12.6 Å². The van der Waals surface area contributed by atoms with E-state index in [0.717, 1.165) is 6.54 Å². The van der Waals surface area contributed by atoms with Gasteiger partial charge in [-0.25, -0.2) is 0 Å². The summed E-state index contributed by atoms with van der Waals surface area (Å²) in [6.45, 7) is 9.51. The summed E-state index contributed by atoms with van der Waals surface area (Å²) in [5.74, 6) is 0.454. The molecule has 0 radical (unpaired) electrons. The quantitative estimate of drug-likeness (QED) is 0.800. The van der Waals surface area contributed by atoms with Crippen LogP contribution in [0.1, 0.15) is 30.5 Å². The fourth-order valence-corrected chi connectivity index (χ4v) is 1.80. The highest BCUT2D eigenvalue weighted by Gasteiger charge is 2.11. The minimum Gasteiger partial charge on any atom is -0.395 e. The summed E-state index contributed by atoms with van der Waals surface area (Å²) in [4.78, 5) is 0. The number of aliphatic hydroxyl groups excluding tert-OH is 1. The monoisotopic (exact) mass is 221 g/mol. The minimum absolute atomic E-state index is 0.181. The summed E-state index contributed by atoms with van der Waals surface area (Å²) in [5, 5.41) is 12.6. The molecule has 1 aromatic carbocycles. The van der Waals surface area contributed by atoms with E-state index in [1.54, 1.807) is 0 Å². The maximum Gasteiger partial charge on any atom is 0.0587 e. The molecule has 0 bridgehead atoms. The van der Waals surface area contributed by atoms with E-state index in [1.807, 2.05) is 0 Å². The van der Waals surface area contributed by atoms with Gasteiger partial charge in [0.05, 0.1) is 6.61 Å². The van der Waals surface area contributed by atoms with E-state index in [9.17, 15) is 5.11 Å². The molecule has 0 saturated heterocycles. The molecule has 0 unspecified atom stereocenters. The van der Waals surface area contributed by atoms with Crippen LogP contribution in [0.5, 0.6) is 0 Å². The summed E-state index contributed by atoms with van der Waals surface area (Å²) >= 11 is 0. The highest BCUT2D eigenvalue weighted by Crippen LogP contribution is 2.11. The average Bonchev–Trinajstić information content (AvgIpc) is 2.21. The van der Waals surface area contributed by atoms with Crippen LogP contribution in [0.4, 0.5) is 0 Å². The first kappa shape index (κ1) is 13.2. The van der Waals surface area contributed by atoms with Crippen molar-refractivity contribution in [3.05, 3.63) is 34.9 Å². The highest BCUT2D eigenvalue weighted by molar-refractivity contribution is 5.30. The second-order valence-electron chi connectivity index (χ2n) is 4.84. The predicted molar refractivity (Wildman–Crippen MR) is 68.5 cm³/mol. The van der Waals surface area contributed by atoms with Gasteiger partial charge in [0, 0.05) is 12.6 Å². The summed E-state index contributed by atoms with van der Waals surface area (Å²) in [6, 6.07) is 6.67. The number of hydrogen-bond donors (Lipinski definition) is 2. The van der Waals surface area contributed by atoms with Crippen molar-refractivity contribution in [1.82, 2.24) is 5.32 Å². The van der Waals surface area contributed by atoms with Crippen molar-refractivity contribution in [2.75, 3.05) is 6.61 Å². The molecule has 0 aliphatic heterocycles. The Kier molecular flexibility index (Phi) is 4.97. The van der Waals surface area contributed by atoms with Crippen LogP contribution in [0.2, 0.25) is 0 Å². The van der Waals surface area contributed by atoms with Crippen LogP contribution in [-0.2, 0) is 6.54 Å². The number of rotatable bonds is 5. The van der Waals surface area contributed by atoms with Gasteiger partial charge >= 0.3 is 0 Å². The number of aliphatic hydroxyl groups is 1. The van der Waals surface area contributed by atoms with Crippen molar-refractivity contribution in [2.24, 2.45) is 5.92 Å². The summed E-state index contributed by atoms with van der Waals surface area (Å²) in [5.41, 5.74) is 3.92. The van der Waals surface area contributed by atoms with E-state index in [4.69, 9.17) is 0 Å². The van der Waals surface area contributed by atoms with Crippen molar-refractivity contribution in [3.8, 4) is 0 Å². The van der Waals surface area contributed by atoms with Gasteiger partial charge in [0.2, 0.25) is 0 Å². The van der Waals surface area contributed by atoms with E-state index >= 15 is 0 Å². The van der Waals surface area contributed by atoms with E-state index in [2.05, 4.69) is 51.2 Å². The zero-order chi connectivity index (χ0) is 12.1. The lowest BCUT2D eigenvalue weighted by molar-refractivity contribution is 0.210. The fourth-order valence-electron chi connectivity index (χ4n) is 1.80. The van der Waals surface area contributed by atoms with Gasteiger partial charge in [-0.15, -0.1) is 0 Å². The first-order valence-electron chi connectivity index (χ1n) is 5.95. The van der Waals surface area contributed by atoms with Crippen LogP contribution in [0.3, 0.4) is 0 Å². The average molecular weight is 221 g/mol. The molecule has 2 heteroatoms. The zero-order valence-corrected chi connectivity index (χ0v) is 10.7. The Labute approximate surface area is 98.7 Å². The van der Waals surface area contributed by atoms with Crippen LogP contribution in [0.25, 0.3) is 0 Å². The van der Waals surface area contributed by atoms with Gasteiger partial charge in [0.1, 0.15) is 0 Å². The normalized spacial score (nSPS) is 13.1. The van der Waals surface area contributed by atoms with E-state index in [0.29, 0.717) is 5.92 Å². The Morgan fingerprint density at radius 1 is 1.25 bits per heavy atom. The van der Waals surface area contributed by atoms with Gasteiger partial charge in [-0.1, -0.05) is 37.6 Å². The second kappa shape index (κ2) is 6.02. The molecule has 1 aromatic rings. The fraction of sp³-hybridized carbons (Fsp3) is 0.571. The van der Waals surface area contributed by atoms with Crippen LogP contribution in [0, 0.1) is 19.8 Å². The third-order valence-corrected chi connectivity index (χ3v) is 3.05. The maximum absolute atomic E-state index is 9.23. The Hall–Kier alpha value is -0.860. The molecule has 0 heterocycles. The molecule has 0 fully saturated rings. The SMILES string of the molecule is Cc1ccc(CN[C@H](CO)C(C)C)c(C)c1. The Bertz CT molecular complexity index is 334. The smallest absolute Gasteiger partial charge is 0.0587 e. The molecule has 0 aliphatic rings. The summed E-state index contributed by atoms with van der Waals surface area (Å²) in [7, 11) is 0. The maximum atomic E-state index is 9.23. The topological polar surface area (TPSA) is 32.3 Å². The molecule has 90 valence electrons. The number of hydrogen-bond acceptors (Lipinski definition) is 2. The molecule has 1 rings (SSSR count). The first-order valence-corrected chi connectivity index (χ1v) is 5.95. The van der Waals surface area contributed by atoms with Gasteiger partial charge in [0.25, 0.3) is 0 Å². The third kappa shape index (κ3) is 3.62. The largest absolute Gasteiger partial charge is 0.395 e. The van der Waals surface area contributed by atoms with Crippen LogP contribution in [0.15, 0.2) is 18.2 Å². The lowest BCUT2D eigenvalue weighted by atomic mass is 10.0. The summed E-state index contributed by atoms with van der Waals surface area (Å²) < 4.78 is 0. The Morgan fingerprint density at radius 2 is 1.94 bits per heavy atom. The van der Waals surface area contributed by atoms with E-state index in [1.165, 1.54) is 16.7 Å². The lowest BCUT2D eigenvalue weighted by Gasteiger charge is -2.20. The van der Waals surface area contributed by atoms with Crippen molar-refractivity contribution in [3.63, 3.8) is 0 Å². The summed E-state index contributed by atoms with van der Waals surface area (Å²) in [6.07, 6.45) is 0. The van der Waals surface area contributed by atoms with Gasteiger partial charge in [0.15, 0.2) is 0 Å². The Morgan fingerprint density at radius 3 is 2.44 bits per heavy atom. The van der Waals surface area contributed by atoms with Gasteiger partial charge in [-0.3, -0.25) is 0 Å². The van der Waals surface area contributed by atoms with Gasteiger partial charge in [-0.2, -0.15) is 0 Å². The number of nitrogens with one attached hydrogen (secondary N) is 1. The molecule has 1 atom stereocenters. The molecule has 0 spiro atoms. The van der Waals surface area contributed by atoms with E-state index < -0.39 is 0 Å². The standard InChI is InChI=1S/C14H23NO/c1-10(2)14(9-16)15-8-13-6-5-11(3)7-12(13)4/h5-7,10,14-16H,8-9H2,1-4H3/t14-/m1/s1. The van der Waals surface area contributed by atoms with Gasteiger partial charge in [-0.05, 0) is 30.9 Å². The van der Waals surface area contributed by atoms with Crippen LogP contribution < -0.4 is 5.32 Å². The van der Waals surface area contributed by atoms with Crippen molar-refractivity contribution in [2.45, 2.75) is 40.3 Å². The molecule has 0 aliphatic carbocycles. The number of benzene rings is 1.